The Balaban J connectivity index is 1.58. The van der Waals surface area contributed by atoms with E-state index >= 15 is 0 Å². The van der Waals surface area contributed by atoms with E-state index in [0.29, 0.717) is 0 Å². The van der Waals surface area contributed by atoms with Crippen molar-refractivity contribution in [1.29, 1.82) is 0 Å². The first kappa shape index (κ1) is 17.4. The number of benzene rings is 3. The average molecular weight is 560 g/mol. The molecule has 0 N–H and O–H groups in total. The first-order chi connectivity index (χ1) is 13.9. The van der Waals surface area contributed by atoms with Crippen LogP contribution in [0, 0.1) is 0 Å². The van der Waals surface area contributed by atoms with Gasteiger partial charge in [-0.1, -0.05) is 0 Å². The second-order valence-electron chi connectivity index (χ2n) is 8.83. The SMILES string of the molecule is c1cc[c]([Bi]([c]2ccccc2C2CC2)[c]2ccccc2C2CC2)c(C2CC2)c1. The summed E-state index contributed by atoms with van der Waals surface area (Å²) >= 11 is -2.34. The van der Waals surface area contributed by atoms with Gasteiger partial charge < -0.3 is 0 Å². The van der Waals surface area contributed by atoms with E-state index in [1.54, 1.807) is 26.5 Å². The molecular weight excluding hydrogens is 533 g/mol. The van der Waals surface area contributed by atoms with Gasteiger partial charge in [-0.3, -0.25) is 0 Å². The Hall–Kier alpha value is -1.46. The molecule has 0 saturated heterocycles. The van der Waals surface area contributed by atoms with Crippen LogP contribution < -0.4 is 9.81 Å². The van der Waals surface area contributed by atoms with Crippen LogP contribution in [0.1, 0.15) is 73.0 Å². The van der Waals surface area contributed by atoms with E-state index in [-0.39, 0.29) is 0 Å². The van der Waals surface area contributed by atoms with Gasteiger partial charge in [0.1, 0.15) is 0 Å². The number of hydrogen-bond donors (Lipinski definition) is 0. The van der Waals surface area contributed by atoms with Crippen molar-refractivity contribution in [2.75, 3.05) is 0 Å². The summed E-state index contributed by atoms with van der Waals surface area (Å²) in [5.41, 5.74) is 5.07. The third kappa shape index (κ3) is 3.27. The molecule has 3 fully saturated rings. The molecule has 3 aromatic carbocycles. The molecule has 3 aromatic rings. The number of rotatable bonds is 6. The van der Waals surface area contributed by atoms with E-state index in [9.17, 15) is 0 Å². The second kappa shape index (κ2) is 7.10. The summed E-state index contributed by atoms with van der Waals surface area (Å²) in [5.74, 6) is 2.49. The molecule has 3 saturated carbocycles. The molecular formula is C27H27Bi. The van der Waals surface area contributed by atoms with Gasteiger partial charge in [0.25, 0.3) is 0 Å². The van der Waals surface area contributed by atoms with Crippen LogP contribution in [0.25, 0.3) is 0 Å². The van der Waals surface area contributed by atoms with Crippen LogP contribution in [0.2, 0.25) is 0 Å². The van der Waals surface area contributed by atoms with Crippen molar-refractivity contribution in [3.8, 4) is 0 Å². The predicted octanol–water partition coefficient (Wildman–Crippen LogP) is 4.84. The maximum atomic E-state index is 2.51. The summed E-state index contributed by atoms with van der Waals surface area (Å²) in [6.07, 6.45) is 8.35. The van der Waals surface area contributed by atoms with E-state index in [1.165, 1.54) is 38.5 Å². The normalized spacial score (nSPS) is 19.2. The summed E-state index contributed by atoms with van der Waals surface area (Å²) in [4.78, 5) is 0. The van der Waals surface area contributed by atoms with Crippen molar-refractivity contribution < 1.29 is 0 Å². The molecule has 3 aliphatic rings. The molecule has 0 spiro atoms. The Morgan fingerprint density at radius 1 is 0.429 bits per heavy atom. The standard InChI is InChI=1S/3C9H9.Bi/c3*1-2-4-8(5-3-1)9-6-7-9;/h3*1-4,9H,6-7H2;. The molecule has 0 bridgehead atoms. The molecule has 28 heavy (non-hydrogen) atoms. The molecule has 6 rings (SSSR count). The van der Waals surface area contributed by atoms with Gasteiger partial charge >= 0.3 is 177 Å². The molecule has 3 aliphatic carbocycles. The molecule has 1 heteroatoms. The zero-order valence-electron chi connectivity index (χ0n) is 16.4. The predicted molar refractivity (Wildman–Crippen MR) is 120 cm³/mol. The van der Waals surface area contributed by atoms with E-state index in [4.69, 9.17) is 0 Å². The van der Waals surface area contributed by atoms with Crippen LogP contribution in [0.15, 0.2) is 72.8 Å². The van der Waals surface area contributed by atoms with Gasteiger partial charge in [-0.15, -0.1) is 0 Å². The van der Waals surface area contributed by atoms with Crippen molar-refractivity contribution in [3.63, 3.8) is 0 Å². The Morgan fingerprint density at radius 2 is 0.714 bits per heavy atom. The zero-order chi connectivity index (χ0) is 18.5. The van der Waals surface area contributed by atoms with Crippen molar-refractivity contribution in [2.24, 2.45) is 0 Å². The fourth-order valence-electron chi connectivity index (χ4n) is 4.68. The Bertz CT molecular complexity index is 876. The van der Waals surface area contributed by atoms with Crippen LogP contribution >= 0.6 is 0 Å². The topological polar surface area (TPSA) is 0 Å². The zero-order valence-corrected chi connectivity index (χ0v) is 19.8. The van der Waals surface area contributed by atoms with Crippen molar-refractivity contribution >= 4 is 31.6 Å². The third-order valence-corrected chi connectivity index (χ3v) is 17.0. The van der Waals surface area contributed by atoms with E-state index in [2.05, 4.69) is 72.8 Å². The Labute approximate surface area is 176 Å². The van der Waals surface area contributed by atoms with Gasteiger partial charge in [0, 0.05) is 0 Å². The van der Waals surface area contributed by atoms with Crippen LogP contribution in [0.5, 0.6) is 0 Å². The summed E-state index contributed by atoms with van der Waals surface area (Å²) in [7, 11) is 0. The summed E-state index contributed by atoms with van der Waals surface area (Å²) < 4.78 is 5.30. The monoisotopic (exact) mass is 560 g/mol. The van der Waals surface area contributed by atoms with Crippen molar-refractivity contribution in [3.05, 3.63) is 89.5 Å². The van der Waals surface area contributed by atoms with Crippen LogP contribution in [0.3, 0.4) is 0 Å². The van der Waals surface area contributed by atoms with Crippen molar-refractivity contribution in [2.45, 2.75) is 56.3 Å². The molecule has 0 unspecified atom stereocenters. The van der Waals surface area contributed by atoms with Gasteiger partial charge in [-0.05, 0) is 0 Å². The molecule has 0 amide bonds. The molecule has 0 radical (unpaired) electrons. The minimum absolute atomic E-state index is 0.829. The van der Waals surface area contributed by atoms with E-state index in [0.717, 1.165) is 17.8 Å². The molecule has 140 valence electrons. The summed E-state index contributed by atoms with van der Waals surface area (Å²) in [6.45, 7) is 0. The molecule has 0 aromatic heterocycles. The fraction of sp³-hybridized carbons (Fsp3) is 0.333. The van der Waals surface area contributed by atoms with E-state index in [1.807, 2.05) is 0 Å². The Kier molecular flexibility index (Phi) is 4.42. The average Bonchev–Trinajstić information content (AvgIpc) is 3.59. The third-order valence-electron chi connectivity index (χ3n) is 6.58. The quantitative estimate of drug-likeness (QED) is 0.379. The first-order valence-electron chi connectivity index (χ1n) is 11.0. The van der Waals surface area contributed by atoms with E-state index < -0.39 is 21.8 Å². The second-order valence-corrected chi connectivity index (χ2v) is 17.1. The first-order valence-corrected chi connectivity index (χ1v) is 16.2. The fourth-order valence-corrected chi connectivity index (χ4v) is 16.5. The van der Waals surface area contributed by atoms with Crippen LogP contribution in [0.4, 0.5) is 0 Å². The van der Waals surface area contributed by atoms with Gasteiger partial charge in [-0.25, -0.2) is 0 Å². The minimum atomic E-state index is -2.34. The van der Waals surface area contributed by atoms with Crippen LogP contribution in [-0.2, 0) is 0 Å². The molecule has 0 atom stereocenters. The van der Waals surface area contributed by atoms with Gasteiger partial charge in [0.2, 0.25) is 0 Å². The van der Waals surface area contributed by atoms with Gasteiger partial charge in [0.05, 0.1) is 0 Å². The summed E-state index contributed by atoms with van der Waals surface area (Å²) in [6, 6.07) is 28.7. The van der Waals surface area contributed by atoms with Crippen molar-refractivity contribution in [1.82, 2.24) is 0 Å². The number of hydrogen-bond acceptors (Lipinski definition) is 0. The maximum absolute atomic E-state index is 2.51. The van der Waals surface area contributed by atoms with Gasteiger partial charge in [-0.2, -0.15) is 0 Å². The Morgan fingerprint density at radius 3 is 1.00 bits per heavy atom. The van der Waals surface area contributed by atoms with Gasteiger partial charge in [0.15, 0.2) is 0 Å². The molecule has 0 nitrogen and oxygen atoms in total. The molecule has 0 aliphatic heterocycles. The van der Waals surface area contributed by atoms with Crippen LogP contribution in [-0.4, -0.2) is 21.8 Å². The molecule has 0 heterocycles. The summed E-state index contributed by atoms with van der Waals surface area (Å²) in [5, 5.41) is 0.